The second kappa shape index (κ2) is 8.67. The van der Waals surface area contributed by atoms with Gasteiger partial charge in [0.1, 0.15) is 5.69 Å². The van der Waals surface area contributed by atoms with Crippen LogP contribution in [0.15, 0.2) is 42.6 Å². The zero-order valence-electron chi connectivity index (χ0n) is 15.4. The Hall–Kier alpha value is -2.60. The van der Waals surface area contributed by atoms with Crippen molar-refractivity contribution in [1.29, 1.82) is 0 Å². The minimum atomic E-state index is -0.243. The number of anilines is 1. The van der Waals surface area contributed by atoms with Gasteiger partial charge in [-0.3, -0.25) is 4.90 Å². The molecule has 26 heavy (non-hydrogen) atoms. The first kappa shape index (κ1) is 18.2. The van der Waals surface area contributed by atoms with Gasteiger partial charge in [0.15, 0.2) is 0 Å². The number of pyridine rings is 1. The van der Waals surface area contributed by atoms with Gasteiger partial charge < -0.3 is 15.4 Å². The monoisotopic (exact) mass is 354 g/mol. The average Bonchev–Trinajstić information content (AvgIpc) is 2.68. The standard InChI is InChI=1S/C20H26N4O2/c1-3-17(24-12-10-15-7-4-5-8-16(15)14-24)13-22-20(25)23-18-9-6-11-21-19(18)26-2/h4-9,11,17H,3,10,12-14H2,1-2H3,(H2,22,23,25). The molecule has 3 rings (SSSR count). The summed E-state index contributed by atoms with van der Waals surface area (Å²) in [6.45, 7) is 4.73. The Morgan fingerprint density at radius 2 is 2.08 bits per heavy atom. The van der Waals surface area contributed by atoms with E-state index in [1.165, 1.54) is 18.2 Å². The Morgan fingerprint density at radius 3 is 2.85 bits per heavy atom. The molecule has 2 amide bonds. The summed E-state index contributed by atoms with van der Waals surface area (Å²) in [5.74, 6) is 0.405. The fourth-order valence-corrected chi connectivity index (χ4v) is 3.39. The summed E-state index contributed by atoms with van der Waals surface area (Å²) < 4.78 is 5.16. The third-order valence-corrected chi connectivity index (χ3v) is 4.86. The third-order valence-electron chi connectivity index (χ3n) is 4.86. The first-order valence-electron chi connectivity index (χ1n) is 9.06. The van der Waals surface area contributed by atoms with Crippen molar-refractivity contribution >= 4 is 11.7 Å². The second-order valence-electron chi connectivity index (χ2n) is 6.45. The summed E-state index contributed by atoms with van der Waals surface area (Å²) in [4.78, 5) is 18.8. The van der Waals surface area contributed by atoms with Crippen molar-refractivity contribution in [3.8, 4) is 5.88 Å². The van der Waals surface area contributed by atoms with Crippen LogP contribution in [0.25, 0.3) is 0 Å². The van der Waals surface area contributed by atoms with Gasteiger partial charge in [0, 0.05) is 31.9 Å². The number of benzene rings is 1. The molecule has 0 aliphatic carbocycles. The minimum Gasteiger partial charge on any atom is -0.480 e. The van der Waals surface area contributed by atoms with Crippen molar-refractivity contribution in [2.75, 3.05) is 25.5 Å². The lowest BCUT2D eigenvalue weighted by Crippen LogP contribution is -2.46. The van der Waals surface area contributed by atoms with E-state index in [2.05, 4.69) is 51.7 Å². The van der Waals surface area contributed by atoms with Crippen LogP contribution in [-0.2, 0) is 13.0 Å². The quantitative estimate of drug-likeness (QED) is 0.837. The molecule has 2 N–H and O–H groups in total. The molecule has 2 heterocycles. The topological polar surface area (TPSA) is 66.5 Å². The lowest BCUT2D eigenvalue weighted by atomic mass is 9.98. The third kappa shape index (κ3) is 4.32. The first-order valence-corrected chi connectivity index (χ1v) is 9.06. The molecule has 0 radical (unpaired) electrons. The summed E-state index contributed by atoms with van der Waals surface area (Å²) in [6.07, 6.45) is 3.67. The number of carbonyl (C=O) groups excluding carboxylic acids is 1. The second-order valence-corrected chi connectivity index (χ2v) is 6.45. The number of aromatic nitrogens is 1. The molecule has 0 spiro atoms. The van der Waals surface area contributed by atoms with Crippen LogP contribution in [0.1, 0.15) is 24.5 Å². The van der Waals surface area contributed by atoms with Gasteiger partial charge in [0.25, 0.3) is 0 Å². The van der Waals surface area contributed by atoms with Gasteiger partial charge in [0.2, 0.25) is 5.88 Å². The minimum absolute atomic E-state index is 0.243. The van der Waals surface area contributed by atoms with Gasteiger partial charge in [0.05, 0.1) is 7.11 Å². The van der Waals surface area contributed by atoms with Crippen LogP contribution in [0.2, 0.25) is 0 Å². The molecule has 138 valence electrons. The number of hydrogen-bond donors (Lipinski definition) is 2. The van der Waals surface area contributed by atoms with Gasteiger partial charge in [-0.05, 0) is 36.1 Å². The van der Waals surface area contributed by atoms with Crippen LogP contribution in [0.5, 0.6) is 5.88 Å². The van der Waals surface area contributed by atoms with Crippen LogP contribution in [0, 0.1) is 0 Å². The molecular weight excluding hydrogens is 328 g/mol. The molecule has 0 saturated heterocycles. The highest BCUT2D eigenvalue weighted by Gasteiger charge is 2.22. The maximum Gasteiger partial charge on any atom is 0.319 e. The van der Waals surface area contributed by atoms with Gasteiger partial charge in [-0.2, -0.15) is 0 Å². The summed E-state index contributed by atoms with van der Waals surface area (Å²) in [6, 6.07) is 12.2. The molecule has 1 aliphatic heterocycles. The Morgan fingerprint density at radius 1 is 1.27 bits per heavy atom. The van der Waals surface area contributed by atoms with E-state index in [1.807, 2.05) is 0 Å². The fraction of sp³-hybridized carbons (Fsp3) is 0.400. The highest BCUT2D eigenvalue weighted by atomic mass is 16.5. The molecule has 1 aromatic heterocycles. The maximum atomic E-state index is 12.3. The number of urea groups is 1. The molecule has 0 bridgehead atoms. The summed E-state index contributed by atoms with van der Waals surface area (Å²) in [5.41, 5.74) is 3.39. The van der Waals surface area contributed by atoms with E-state index < -0.39 is 0 Å². The molecule has 1 atom stereocenters. The number of hydrogen-bond acceptors (Lipinski definition) is 4. The van der Waals surface area contributed by atoms with Crippen molar-refractivity contribution < 1.29 is 9.53 Å². The number of methoxy groups -OCH3 is 1. The Balaban J connectivity index is 1.55. The fourth-order valence-electron chi connectivity index (χ4n) is 3.39. The number of amides is 2. The van der Waals surface area contributed by atoms with Crippen molar-refractivity contribution in [3.05, 3.63) is 53.7 Å². The number of nitrogens with zero attached hydrogens (tertiary/aromatic N) is 2. The van der Waals surface area contributed by atoms with Gasteiger partial charge >= 0.3 is 6.03 Å². The van der Waals surface area contributed by atoms with E-state index in [0.29, 0.717) is 24.2 Å². The molecule has 1 aliphatic rings. The van der Waals surface area contributed by atoms with Crippen molar-refractivity contribution in [3.63, 3.8) is 0 Å². The highest BCUT2D eigenvalue weighted by Crippen LogP contribution is 2.21. The number of fused-ring (bicyclic) bond motifs is 1. The predicted octanol–water partition coefficient (Wildman–Crippen LogP) is 3.05. The van der Waals surface area contributed by atoms with Gasteiger partial charge in [-0.1, -0.05) is 31.2 Å². The lowest BCUT2D eigenvalue weighted by Gasteiger charge is -2.35. The SMILES string of the molecule is CCC(CNC(=O)Nc1cccnc1OC)N1CCc2ccccc2C1. The van der Waals surface area contributed by atoms with Crippen molar-refractivity contribution in [2.24, 2.45) is 0 Å². The van der Waals surface area contributed by atoms with E-state index in [-0.39, 0.29) is 6.03 Å². The van der Waals surface area contributed by atoms with Crippen LogP contribution in [-0.4, -0.2) is 42.2 Å². The van der Waals surface area contributed by atoms with E-state index in [0.717, 1.165) is 25.9 Å². The number of ether oxygens (including phenoxy) is 1. The largest absolute Gasteiger partial charge is 0.480 e. The summed E-state index contributed by atoms with van der Waals surface area (Å²) >= 11 is 0. The molecule has 0 saturated carbocycles. The molecule has 1 aromatic carbocycles. The van der Waals surface area contributed by atoms with E-state index in [4.69, 9.17) is 4.74 Å². The summed E-state index contributed by atoms with van der Waals surface area (Å²) in [5, 5.41) is 5.78. The molecule has 6 heteroatoms. The zero-order valence-corrected chi connectivity index (χ0v) is 15.4. The number of carbonyl (C=O) groups is 1. The number of nitrogens with one attached hydrogen (secondary N) is 2. The average molecular weight is 354 g/mol. The molecule has 6 nitrogen and oxygen atoms in total. The molecule has 2 aromatic rings. The smallest absolute Gasteiger partial charge is 0.319 e. The first-order chi connectivity index (χ1) is 12.7. The molecule has 0 fully saturated rings. The predicted molar refractivity (Wildman–Crippen MR) is 102 cm³/mol. The normalized spacial score (nSPS) is 15.0. The van der Waals surface area contributed by atoms with Crippen LogP contribution in [0.4, 0.5) is 10.5 Å². The zero-order chi connectivity index (χ0) is 18.4. The number of rotatable bonds is 6. The van der Waals surface area contributed by atoms with E-state index >= 15 is 0 Å². The van der Waals surface area contributed by atoms with E-state index in [1.54, 1.807) is 18.3 Å². The Bertz CT molecular complexity index is 750. The van der Waals surface area contributed by atoms with Gasteiger partial charge in [-0.15, -0.1) is 0 Å². The van der Waals surface area contributed by atoms with Crippen LogP contribution in [0.3, 0.4) is 0 Å². The lowest BCUT2D eigenvalue weighted by molar-refractivity contribution is 0.170. The summed E-state index contributed by atoms with van der Waals surface area (Å²) in [7, 11) is 1.53. The van der Waals surface area contributed by atoms with Crippen molar-refractivity contribution in [2.45, 2.75) is 32.4 Å². The molecular formula is C20H26N4O2. The van der Waals surface area contributed by atoms with E-state index in [9.17, 15) is 4.79 Å². The Kier molecular flexibility index (Phi) is 6.07. The maximum absolute atomic E-state index is 12.3. The molecule has 1 unspecified atom stereocenters. The van der Waals surface area contributed by atoms with Gasteiger partial charge in [-0.25, -0.2) is 9.78 Å². The van der Waals surface area contributed by atoms with Crippen molar-refractivity contribution in [1.82, 2.24) is 15.2 Å². The highest BCUT2D eigenvalue weighted by molar-refractivity contribution is 5.90. The van der Waals surface area contributed by atoms with Crippen LogP contribution >= 0.6 is 0 Å². The Labute approximate surface area is 154 Å². The van der Waals surface area contributed by atoms with Crippen LogP contribution < -0.4 is 15.4 Å².